The first kappa shape index (κ1) is 14.9. The van der Waals surface area contributed by atoms with E-state index in [1.165, 1.54) is 38.1 Å². The molecule has 112 valence electrons. The van der Waals surface area contributed by atoms with E-state index in [0.29, 0.717) is 5.69 Å². The van der Waals surface area contributed by atoms with E-state index in [4.69, 9.17) is 14.7 Å². The second-order valence-corrected chi connectivity index (χ2v) is 4.79. The Bertz CT molecular complexity index is 559. The van der Waals surface area contributed by atoms with Gasteiger partial charge in [-0.2, -0.15) is 0 Å². The van der Waals surface area contributed by atoms with Crippen molar-refractivity contribution in [3.63, 3.8) is 0 Å². The third-order valence-electron chi connectivity index (χ3n) is 2.64. The highest BCUT2D eigenvalue weighted by Crippen LogP contribution is 2.23. The van der Waals surface area contributed by atoms with Crippen LogP contribution in [0.25, 0.3) is 0 Å². The van der Waals surface area contributed by atoms with Gasteiger partial charge in [0, 0.05) is 20.1 Å². The van der Waals surface area contributed by atoms with Gasteiger partial charge in [0.2, 0.25) is 0 Å². The van der Waals surface area contributed by atoms with Crippen LogP contribution in [0.4, 0.5) is 11.4 Å². The number of hydrogen-bond donors (Lipinski definition) is 1. The molecule has 1 aliphatic heterocycles. The topological polar surface area (TPSA) is 111 Å². The SMILES string of the molecule is CC1(C)OC(=O)C(C=Nc2ccc(N([O-])O)cc2)C(=O)O1. The molecule has 0 unspecified atom stereocenters. The van der Waals surface area contributed by atoms with E-state index >= 15 is 0 Å². The van der Waals surface area contributed by atoms with Gasteiger partial charge in [0.05, 0.1) is 11.4 Å². The van der Waals surface area contributed by atoms with Crippen LogP contribution in [0, 0.1) is 11.1 Å². The number of benzene rings is 1. The van der Waals surface area contributed by atoms with E-state index in [0.717, 1.165) is 6.21 Å². The van der Waals surface area contributed by atoms with Gasteiger partial charge in [0.15, 0.2) is 5.92 Å². The van der Waals surface area contributed by atoms with Crippen molar-refractivity contribution in [1.29, 1.82) is 0 Å². The summed E-state index contributed by atoms with van der Waals surface area (Å²) in [4.78, 5) is 27.3. The first-order chi connectivity index (χ1) is 9.78. The predicted octanol–water partition coefficient (Wildman–Crippen LogP) is 1.53. The van der Waals surface area contributed by atoms with Gasteiger partial charge < -0.3 is 19.9 Å². The molecule has 0 spiro atoms. The zero-order chi connectivity index (χ0) is 15.6. The molecule has 2 rings (SSSR count). The molecule has 1 aromatic rings. The Labute approximate surface area is 120 Å². The Morgan fingerprint density at radius 2 is 1.76 bits per heavy atom. The molecule has 0 atom stereocenters. The summed E-state index contributed by atoms with van der Waals surface area (Å²) in [5.41, 5.74) is 0.429. The number of carbonyl (C=O) groups is 2. The lowest BCUT2D eigenvalue weighted by atomic mass is 10.1. The van der Waals surface area contributed by atoms with E-state index in [9.17, 15) is 14.8 Å². The van der Waals surface area contributed by atoms with Crippen LogP contribution in [-0.2, 0) is 19.1 Å². The monoisotopic (exact) mass is 293 g/mol. The molecule has 21 heavy (non-hydrogen) atoms. The highest BCUT2D eigenvalue weighted by Gasteiger charge is 2.42. The summed E-state index contributed by atoms with van der Waals surface area (Å²) in [7, 11) is 0. The fourth-order valence-corrected chi connectivity index (χ4v) is 1.68. The molecule has 0 radical (unpaired) electrons. The second-order valence-electron chi connectivity index (χ2n) is 4.79. The van der Waals surface area contributed by atoms with Crippen molar-refractivity contribution in [2.45, 2.75) is 19.6 Å². The molecule has 1 saturated heterocycles. The predicted molar refractivity (Wildman–Crippen MR) is 72.0 cm³/mol. The maximum absolute atomic E-state index is 11.7. The van der Waals surface area contributed by atoms with Crippen molar-refractivity contribution in [3.05, 3.63) is 29.5 Å². The number of rotatable bonds is 3. The molecule has 1 aliphatic rings. The minimum Gasteiger partial charge on any atom is -0.733 e. The van der Waals surface area contributed by atoms with Crippen molar-refractivity contribution in [1.82, 2.24) is 0 Å². The lowest BCUT2D eigenvalue weighted by Crippen LogP contribution is -2.46. The summed E-state index contributed by atoms with van der Waals surface area (Å²) in [6.45, 7) is 2.91. The molecule has 1 aromatic carbocycles. The summed E-state index contributed by atoms with van der Waals surface area (Å²) >= 11 is 0. The summed E-state index contributed by atoms with van der Waals surface area (Å²) in [6.07, 6.45) is 1.11. The van der Waals surface area contributed by atoms with E-state index in [-0.39, 0.29) is 10.9 Å². The minimum absolute atomic E-state index is 0.0344. The third kappa shape index (κ3) is 3.56. The summed E-state index contributed by atoms with van der Waals surface area (Å²) in [6, 6.07) is 5.55. The van der Waals surface area contributed by atoms with Crippen molar-refractivity contribution in [2.24, 2.45) is 10.9 Å². The molecule has 1 fully saturated rings. The normalized spacial score (nSPS) is 18.5. The van der Waals surface area contributed by atoms with Crippen molar-refractivity contribution in [3.8, 4) is 0 Å². The van der Waals surface area contributed by atoms with Crippen LogP contribution in [0.2, 0.25) is 0 Å². The molecule has 0 aromatic heterocycles. The Morgan fingerprint density at radius 1 is 1.24 bits per heavy atom. The molecular formula is C13H13N2O6-. The standard InChI is InChI=1S/C13H13N2O6/c1-13(2)20-11(16)10(12(17)21-13)7-14-8-3-5-9(6-4-8)15(18)19/h3-7,10,18H,1-2H3/q-1. The number of carbonyl (C=O) groups excluding carboxylic acids is 2. The summed E-state index contributed by atoms with van der Waals surface area (Å²) in [5, 5.41) is 19.0. The van der Waals surface area contributed by atoms with E-state index in [2.05, 4.69) is 4.99 Å². The molecule has 1 heterocycles. The Morgan fingerprint density at radius 3 is 2.24 bits per heavy atom. The molecular weight excluding hydrogens is 280 g/mol. The van der Waals surface area contributed by atoms with Gasteiger partial charge in [-0.1, -0.05) is 0 Å². The van der Waals surface area contributed by atoms with Crippen LogP contribution in [-0.4, -0.2) is 29.1 Å². The number of cyclic esters (lactones) is 2. The zero-order valence-corrected chi connectivity index (χ0v) is 11.3. The van der Waals surface area contributed by atoms with Gasteiger partial charge >= 0.3 is 11.9 Å². The van der Waals surface area contributed by atoms with Gasteiger partial charge in [-0.15, -0.1) is 0 Å². The van der Waals surface area contributed by atoms with Crippen LogP contribution in [0.15, 0.2) is 29.3 Å². The van der Waals surface area contributed by atoms with E-state index < -0.39 is 23.6 Å². The smallest absolute Gasteiger partial charge is 0.329 e. The van der Waals surface area contributed by atoms with Crippen LogP contribution < -0.4 is 5.23 Å². The third-order valence-corrected chi connectivity index (χ3v) is 2.64. The van der Waals surface area contributed by atoms with E-state index in [1.54, 1.807) is 0 Å². The summed E-state index contributed by atoms with van der Waals surface area (Å²) in [5.74, 6) is -3.99. The molecule has 0 amide bonds. The first-order valence-electron chi connectivity index (χ1n) is 6.04. The largest absolute Gasteiger partial charge is 0.733 e. The van der Waals surface area contributed by atoms with Gasteiger partial charge in [0.1, 0.15) is 0 Å². The van der Waals surface area contributed by atoms with Gasteiger partial charge in [-0.25, -0.2) is 0 Å². The Hall–Kier alpha value is -2.45. The number of ether oxygens (including phenoxy) is 2. The average Bonchev–Trinajstić information content (AvgIpc) is 2.36. The number of esters is 2. The van der Waals surface area contributed by atoms with Crippen LogP contribution in [0.1, 0.15) is 13.8 Å². The number of anilines is 1. The fourth-order valence-electron chi connectivity index (χ4n) is 1.68. The zero-order valence-electron chi connectivity index (χ0n) is 11.3. The first-order valence-corrected chi connectivity index (χ1v) is 6.04. The molecule has 8 nitrogen and oxygen atoms in total. The number of hydrogen-bond acceptors (Lipinski definition) is 8. The molecule has 0 saturated carbocycles. The second kappa shape index (κ2) is 5.51. The summed E-state index contributed by atoms with van der Waals surface area (Å²) < 4.78 is 9.88. The van der Waals surface area contributed by atoms with Gasteiger partial charge in [-0.05, 0) is 24.3 Å². The molecule has 8 heteroatoms. The highest BCUT2D eigenvalue weighted by atomic mass is 16.8. The van der Waals surface area contributed by atoms with Crippen molar-refractivity contribution < 1.29 is 24.3 Å². The number of nitrogens with zero attached hydrogens (tertiary/aromatic N) is 2. The molecule has 0 bridgehead atoms. The highest BCUT2D eigenvalue weighted by molar-refractivity contribution is 6.10. The quantitative estimate of drug-likeness (QED) is 0.389. The Balaban J connectivity index is 2.10. The average molecular weight is 293 g/mol. The van der Waals surface area contributed by atoms with Gasteiger partial charge in [-0.3, -0.25) is 19.8 Å². The van der Waals surface area contributed by atoms with Crippen LogP contribution >= 0.6 is 0 Å². The van der Waals surface area contributed by atoms with Crippen LogP contribution in [0.3, 0.4) is 0 Å². The van der Waals surface area contributed by atoms with Gasteiger partial charge in [0.25, 0.3) is 5.79 Å². The van der Waals surface area contributed by atoms with Crippen molar-refractivity contribution >= 4 is 29.5 Å². The fraction of sp³-hybridized carbons (Fsp3) is 0.308. The molecule has 1 N–H and O–H groups in total. The Kier molecular flexibility index (Phi) is 3.92. The lowest BCUT2D eigenvalue weighted by Gasteiger charge is -2.31. The van der Waals surface area contributed by atoms with Crippen LogP contribution in [0.5, 0.6) is 0 Å². The maximum Gasteiger partial charge on any atom is 0.329 e. The number of aliphatic imine (C=N–C) groups is 1. The molecule has 0 aliphatic carbocycles. The van der Waals surface area contributed by atoms with Crippen molar-refractivity contribution in [2.75, 3.05) is 5.23 Å². The van der Waals surface area contributed by atoms with E-state index in [1.807, 2.05) is 0 Å². The minimum atomic E-state index is -1.28. The lowest BCUT2D eigenvalue weighted by molar-refractivity contribution is -0.235. The maximum atomic E-state index is 11.7.